The summed E-state index contributed by atoms with van der Waals surface area (Å²) in [6.45, 7) is 15.0. The van der Waals surface area contributed by atoms with Crippen LogP contribution < -0.4 is 10.6 Å². The summed E-state index contributed by atoms with van der Waals surface area (Å²) in [5, 5.41) is 6.82. The van der Waals surface area contributed by atoms with Gasteiger partial charge in [0.15, 0.2) is 5.96 Å². The van der Waals surface area contributed by atoms with E-state index in [2.05, 4.69) is 67.5 Å². The smallest absolute Gasteiger partial charge is 0.191 e. The van der Waals surface area contributed by atoms with Crippen molar-refractivity contribution in [2.24, 2.45) is 10.9 Å². The lowest BCUT2D eigenvalue weighted by atomic mass is 10.1. The average molecular weight is 474 g/mol. The van der Waals surface area contributed by atoms with Gasteiger partial charge in [-0.05, 0) is 30.9 Å². The first kappa shape index (κ1) is 23.2. The molecule has 6 heteroatoms. The van der Waals surface area contributed by atoms with Crippen LogP contribution in [0.3, 0.4) is 0 Å². The second kappa shape index (κ2) is 12.5. The minimum absolute atomic E-state index is 0. The first-order valence-corrected chi connectivity index (χ1v) is 9.51. The zero-order chi connectivity index (χ0) is 18.1. The fourth-order valence-corrected chi connectivity index (χ4v) is 2.72. The Kier molecular flexibility index (Phi) is 11.2. The molecule has 1 fully saturated rings. The van der Waals surface area contributed by atoms with Crippen LogP contribution >= 0.6 is 24.0 Å². The highest BCUT2D eigenvalue weighted by Gasteiger charge is 2.11. The minimum Gasteiger partial charge on any atom is -0.379 e. The molecule has 0 bridgehead atoms. The third-order valence-electron chi connectivity index (χ3n) is 4.63. The fraction of sp³-hybridized carbons (Fsp3) is 0.650. The van der Waals surface area contributed by atoms with E-state index >= 15 is 0 Å². The maximum absolute atomic E-state index is 5.42. The molecule has 0 saturated carbocycles. The number of hydrogen-bond donors (Lipinski definition) is 2. The highest BCUT2D eigenvalue weighted by molar-refractivity contribution is 14.0. The van der Waals surface area contributed by atoms with Crippen molar-refractivity contribution in [3.63, 3.8) is 0 Å². The predicted molar refractivity (Wildman–Crippen MR) is 120 cm³/mol. The number of benzene rings is 1. The molecule has 0 aliphatic carbocycles. The van der Waals surface area contributed by atoms with E-state index in [0.29, 0.717) is 18.5 Å². The van der Waals surface area contributed by atoms with Gasteiger partial charge in [-0.2, -0.15) is 0 Å². The molecule has 5 nitrogen and oxygen atoms in total. The Morgan fingerprint density at radius 3 is 2.54 bits per heavy atom. The summed E-state index contributed by atoms with van der Waals surface area (Å²) >= 11 is 0. The first-order valence-electron chi connectivity index (χ1n) is 9.51. The molecule has 0 spiro atoms. The number of nitrogens with one attached hydrogen (secondary N) is 2. The van der Waals surface area contributed by atoms with E-state index in [9.17, 15) is 0 Å². The third-order valence-corrected chi connectivity index (χ3v) is 4.63. The predicted octanol–water partition coefficient (Wildman–Crippen LogP) is 3.24. The van der Waals surface area contributed by atoms with E-state index < -0.39 is 0 Å². The molecule has 0 aromatic heterocycles. The van der Waals surface area contributed by atoms with E-state index in [1.807, 2.05) is 0 Å². The second-order valence-electron chi connectivity index (χ2n) is 7.08. The Bertz CT molecular complexity index is 544. The van der Waals surface area contributed by atoms with Gasteiger partial charge >= 0.3 is 0 Å². The zero-order valence-corrected chi connectivity index (χ0v) is 19.0. The van der Waals surface area contributed by atoms with Gasteiger partial charge in [0.05, 0.1) is 19.8 Å². The second-order valence-corrected chi connectivity index (χ2v) is 7.08. The van der Waals surface area contributed by atoms with Gasteiger partial charge in [-0.3, -0.25) is 4.90 Å². The third kappa shape index (κ3) is 8.22. The molecular weight excluding hydrogens is 439 g/mol. The molecule has 26 heavy (non-hydrogen) atoms. The molecule has 2 N–H and O–H groups in total. The summed E-state index contributed by atoms with van der Waals surface area (Å²) in [7, 11) is 0. The van der Waals surface area contributed by atoms with Crippen molar-refractivity contribution in [3.8, 4) is 0 Å². The number of nitrogens with zero attached hydrogens (tertiary/aromatic N) is 2. The van der Waals surface area contributed by atoms with Gasteiger partial charge in [0.2, 0.25) is 0 Å². The molecule has 148 valence electrons. The fourth-order valence-electron chi connectivity index (χ4n) is 2.72. The number of ether oxygens (including phenoxy) is 1. The Morgan fingerprint density at radius 2 is 1.88 bits per heavy atom. The molecule has 2 rings (SSSR count). The lowest BCUT2D eigenvalue weighted by Crippen LogP contribution is -2.44. The van der Waals surface area contributed by atoms with Crippen molar-refractivity contribution >= 4 is 29.9 Å². The Balaban J connectivity index is 0.00000338. The normalized spacial score (nSPS) is 16.9. The Morgan fingerprint density at radius 1 is 1.19 bits per heavy atom. The monoisotopic (exact) mass is 474 g/mol. The standard InChI is InChI=1S/C20H34N4O.HI/c1-5-21-20(23-17(4)16(2)3)22-14-18-7-6-8-19(13-18)15-24-9-11-25-12-10-24;/h6-8,13,16-17H,5,9-12,14-15H2,1-4H3,(H2,21,22,23);1H. The average Bonchev–Trinajstić information content (AvgIpc) is 2.61. The van der Waals surface area contributed by atoms with E-state index in [-0.39, 0.29) is 24.0 Å². The number of morpholine rings is 1. The molecule has 1 aromatic rings. The lowest BCUT2D eigenvalue weighted by molar-refractivity contribution is 0.0342. The van der Waals surface area contributed by atoms with E-state index in [1.54, 1.807) is 0 Å². The van der Waals surface area contributed by atoms with Gasteiger partial charge in [0, 0.05) is 32.2 Å². The highest BCUT2D eigenvalue weighted by Crippen LogP contribution is 2.11. The van der Waals surface area contributed by atoms with Gasteiger partial charge in [0.25, 0.3) is 0 Å². The number of rotatable bonds is 7. The number of halogens is 1. The van der Waals surface area contributed by atoms with E-state index in [4.69, 9.17) is 9.73 Å². The minimum atomic E-state index is 0. The molecule has 1 unspecified atom stereocenters. The molecule has 1 atom stereocenters. The van der Waals surface area contributed by atoms with Gasteiger partial charge in [0.1, 0.15) is 0 Å². The first-order chi connectivity index (χ1) is 12.1. The van der Waals surface area contributed by atoms with E-state index in [0.717, 1.165) is 45.4 Å². The lowest BCUT2D eigenvalue weighted by Gasteiger charge is -2.26. The molecule has 1 aliphatic heterocycles. The van der Waals surface area contributed by atoms with Gasteiger partial charge in [-0.15, -0.1) is 24.0 Å². The molecule has 1 aliphatic rings. The van der Waals surface area contributed by atoms with Crippen molar-refractivity contribution in [2.75, 3.05) is 32.8 Å². The molecule has 1 aromatic carbocycles. The molecule has 0 radical (unpaired) electrons. The maximum atomic E-state index is 5.42. The van der Waals surface area contributed by atoms with Crippen LogP contribution in [-0.2, 0) is 17.8 Å². The van der Waals surface area contributed by atoms with Crippen molar-refractivity contribution in [1.82, 2.24) is 15.5 Å². The maximum Gasteiger partial charge on any atom is 0.191 e. The van der Waals surface area contributed by atoms with Crippen LogP contribution in [0.1, 0.15) is 38.8 Å². The molecule has 1 saturated heterocycles. The molecular formula is C20H35IN4O. The van der Waals surface area contributed by atoms with Crippen molar-refractivity contribution in [1.29, 1.82) is 0 Å². The Hall–Kier alpha value is -0.860. The van der Waals surface area contributed by atoms with Crippen LogP contribution in [-0.4, -0.2) is 49.7 Å². The van der Waals surface area contributed by atoms with Crippen LogP contribution in [0, 0.1) is 5.92 Å². The number of hydrogen-bond acceptors (Lipinski definition) is 3. The summed E-state index contributed by atoms with van der Waals surface area (Å²) in [5.41, 5.74) is 2.60. The number of aliphatic imine (C=N–C) groups is 1. The van der Waals surface area contributed by atoms with Gasteiger partial charge in [-0.1, -0.05) is 38.1 Å². The van der Waals surface area contributed by atoms with Gasteiger partial charge in [-0.25, -0.2) is 4.99 Å². The molecule has 1 heterocycles. The summed E-state index contributed by atoms with van der Waals surface area (Å²) in [4.78, 5) is 7.20. The van der Waals surface area contributed by atoms with Crippen molar-refractivity contribution < 1.29 is 4.74 Å². The van der Waals surface area contributed by atoms with Crippen LogP contribution in [0.25, 0.3) is 0 Å². The van der Waals surface area contributed by atoms with Gasteiger partial charge < -0.3 is 15.4 Å². The summed E-state index contributed by atoms with van der Waals surface area (Å²) < 4.78 is 5.42. The van der Waals surface area contributed by atoms with Crippen molar-refractivity contribution in [2.45, 2.75) is 46.8 Å². The Labute approximate surface area is 176 Å². The number of guanidine groups is 1. The largest absolute Gasteiger partial charge is 0.379 e. The summed E-state index contributed by atoms with van der Waals surface area (Å²) in [5.74, 6) is 1.46. The SMILES string of the molecule is CCNC(=NCc1cccc(CN2CCOCC2)c1)NC(C)C(C)C.I. The van der Waals surface area contributed by atoms with Crippen LogP contribution in [0.2, 0.25) is 0 Å². The molecule has 0 amide bonds. The van der Waals surface area contributed by atoms with Crippen LogP contribution in [0.4, 0.5) is 0 Å². The summed E-state index contributed by atoms with van der Waals surface area (Å²) in [6, 6.07) is 9.16. The zero-order valence-electron chi connectivity index (χ0n) is 16.6. The van der Waals surface area contributed by atoms with E-state index in [1.165, 1.54) is 11.1 Å². The topological polar surface area (TPSA) is 48.9 Å². The quantitative estimate of drug-likeness (QED) is 0.362. The van der Waals surface area contributed by atoms with Crippen LogP contribution in [0.15, 0.2) is 29.3 Å². The highest BCUT2D eigenvalue weighted by atomic mass is 127. The van der Waals surface area contributed by atoms with Crippen molar-refractivity contribution in [3.05, 3.63) is 35.4 Å². The van der Waals surface area contributed by atoms with Crippen LogP contribution in [0.5, 0.6) is 0 Å². The summed E-state index contributed by atoms with van der Waals surface area (Å²) in [6.07, 6.45) is 0.